The molecule has 4 aromatic rings. The van der Waals surface area contributed by atoms with Gasteiger partial charge >= 0.3 is 6.09 Å². The van der Waals surface area contributed by atoms with Crippen molar-refractivity contribution < 1.29 is 32.3 Å². The van der Waals surface area contributed by atoms with Crippen molar-refractivity contribution >= 4 is 55.2 Å². The Morgan fingerprint density at radius 3 is 2.48 bits per heavy atom. The molecule has 262 valence electrons. The number of methoxy groups -OCH3 is 1. The Kier molecular flexibility index (Phi) is 9.71. The highest BCUT2D eigenvalue weighted by molar-refractivity contribution is 7.93. The van der Waals surface area contributed by atoms with Crippen molar-refractivity contribution in [2.75, 3.05) is 42.6 Å². The molecule has 3 aromatic carbocycles. The van der Waals surface area contributed by atoms with E-state index in [4.69, 9.17) is 14.2 Å². The number of ether oxygens (including phenoxy) is 3. The fourth-order valence-electron chi connectivity index (χ4n) is 5.77. The molecule has 0 fully saturated rings. The van der Waals surface area contributed by atoms with E-state index in [0.717, 1.165) is 11.1 Å². The Bertz CT molecular complexity index is 2030. The molecule has 0 unspecified atom stereocenters. The second kappa shape index (κ2) is 14.0. The van der Waals surface area contributed by atoms with Gasteiger partial charge in [0.2, 0.25) is 0 Å². The molecule has 3 heterocycles. The molecule has 13 nitrogen and oxygen atoms in total. The van der Waals surface area contributed by atoms with E-state index in [2.05, 4.69) is 4.98 Å². The number of fused-ring (bicyclic) bond motifs is 1. The highest BCUT2D eigenvalue weighted by Crippen LogP contribution is 2.43. The first kappa shape index (κ1) is 34.7. The van der Waals surface area contributed by atoms with Gasteiger partial charge in [-0.15, -0.1) is 11.3 Å². The second-order valence-electron chi connectivity index (χ2n) is 12.7. The van der Waals surface area contributed by atoms with Gasteiger partial charge in [0.25, 0.3) is 15.7 Å². The lowest BCUT2D eigenvalue weighted by atomic mass is 9.96. The third kappa shape index (κ3) is 7.38. The zero-order valence-electron chi connectivity index (χ0n) is 28.1. The fraction of sp³-hybridized carbons (Fsp3) is 0.314. The van der Waals surface area contributed by atoms with Crippen LogP contribution in [0.5, 0.6) is 11.5 Å². The molecule has 0 aliphatic carbocycles. The largest absolute Gasteiger partial charge is 0.497 e. The number of carbonyl (C=O) groups is 1. The van der Waals surface area contributed by atoms with Crippen molar-refractivity contribution in [1.29, 1.82) is 0 Å². The van der Waals surface area contributed by atoms with Crippen LogP contribution in [0.25, 0.3) is 5.57 Å². The molecule has 1 aromatic heterocycles. The minimum atomic E-state index is -4.09. The minimum absolute atomic E-state index is 0.0305. The maximum absolute atomic E-state index is 14.2. The van der Waals surface area contributed by atoms with Gasteiger partial charge in [-0.25, -0.2) is 22.5 Å². The summed E-state index contributed by atoms with van der Waals surface area (Å²) in [6.45, 7) is 6.83. The molecule has 0 N–H and O–H groups in total. The van der Waals surface area contributed by atoms with E-state index >= 15 is 0 Å². The number of carbonyl (C=O) groups excluding carboxylic acids is 1. The van der Waals surface area contributed by atoms with E-state index in [9.17, 15) is 23.3 Å². The Morgan fingerprint density at radius 2 is 1.84 bits per heavy atom. The lowest BCUT2D eigenvalue weighted by Gasteiger charge is -2.34. The topological polar surface area (TPSA) is 145 Å². The van der Waals surface area contributed by atoms with E-state index in [-0.39, 0.29) is 23.7 Å². The van der Waals surface area contributed by atoms with Crippen molar-refractivity contribution in [2.24, 2.45) is 0 Å². The van der Waals surface area contributed by atoms with Gasteiger partial charge in [-0.2, -0.15) is 0 Å². The third-order valence-corrected chi connectivity index (χ3v) is 10.8. The van der Waals surface area contributed by atoms with Gasteiger partial charge in [0.15, 0.2) is 5.13 Å². The Balaban J connectivity index is 1.32. The first-order valence-electron chi connectivity index (χ1n) is 15.9. The van der Waals surface area contributed by atoms with E-state index < -0.39 is 26.6 Å². The molecule has 6 rings (SSSR count). The predicted octanol–water partition coefficient (Wildman–Crippen LogP) is 7.01. The molecular weight excluding hydrogens is 683 g/mol. The quantitative estimate of drug-likeness (QED) is 0.131. The average molecular weight is 720 g/mol. The third-order valence-electron chi connectivity index (χ3n) is 8.19. The van der Waals surface area contributed by atoms with Crippen LogP contribution < -0.4 is 18.7 Å². The van der Waals surface area contributed by atoms with Crippen LogP contribution in [0, 0.1) is 10.1 Å². The van der Waals surface area contributed by atoms with Gasteiger partial charge in [-0.05, 0) is 68.7 Å². The van der Waals surface area contributed by atoms with Gasteiger partial charge in [-0.3, -0.25) is 10.1 Å². The SMILES string of the molecule is COc1ccc(CN(c2nccs2)S(=O)(=O)c2ccc3c(c2)OCCN3c2ccc([N+](=O)[O-])cc2C2=CCN(C(=O)OC(C)(C)C)CC2)cc1. The summed E-state index contributed by atoms with van der Waals surface area (Å²) >= 11 is 1.22. The summed E-state index contributed by atoms with van der Waals surface area (Å²) < 4.78 is 46.5. The molecular formula is C35H37N5O8S2. The highest BCUT2D eigenvalue weighted by atomic mass is 32.2. The van der Waals surface area contributed by atoms with Crippen molar-refractivity contribution in [1.82, 2.24) is 9.88 Å². The number of rotatable bonds is 9. The van der Waals surface area contributed by atoms with Gasteiger partial charge < -0.3 is 24.0 Å². The molecule has 0 radical (unpaired) electrons. The molecule has 50 heavy (non-hydrogen) atoms. The average Bonchev–Trinajstić information content (AvgIpc) is 3.64. The minimum Gasteiger partial charge on any atom is -0.497 e. The van der Waals surface area contributed by atoms with Crippen LogP contribution in [0.4, 0.5) is 27.0 Å². The lowest BCUT2D eigenvalue weighted by Crippen LogP contribution is -2.39. The van der Waals surface area contributed by atoms with E-state index in [1.165, 1.54) is 33.8 Å². The molecule has 0 spiro atoms. The number of non-ortho nitro benzene ring substituents is 1. The number of hydrogen-bond acceptors (Lipinski definition) is 11. The number of hydrogen-bond donors (Lipinski definition) is 0. The van der Waals surface area contributed by atoms with Crippen LogP contribution in [-0.2, 0) is 21.3 Å². The number of nitro benzene ring substituents is 1. The lowest BCUT2D eigenvalue weighted by molar-refractivity contribution is -0.384. The molecule has 0 atom stereocenters. The number of sulfonamides is 1. The van der Waals surface area contributed by atoms with Gasteiger partial charge in [0.1, 0.15) is 23.7 Å². The van der Waals surface area contributed by atoms with Gasteiger partial charge in [-0.1, -0.05) is 18.2 Å². The van der Waals surface area contributed by atoms with Gasteiger partial charge in [0.05, 0.1) is 35.7 Å². The number of amides is 1. The number of anilines is 3. The maximum atomic E-state index is 14.2. The Labute approximate surface area is 294 Å². The molecule has 15 heteroatoms. The number of nitrogens with zero attached hydrogens (tertiary/aromatic N) is 5. The van der Waals surface area contributed by atoms with Crippen LogP contribution in [0.1, 0.15) is 38.3 Å². The molecule has 2 aliphatic heterocycles. The zero-order valence-corrected chi connectivity index (χ0v) is 29.7. The van der Waals surface area contributed by atoms with Crippen LogP contribution in [0.15, 0.2) is 83.2 Å². The van der Waals surface area contributed by atoms with E-state index in [1.54, 1.807) is 66.1 Å². The smallest absolute Gasteiger partial charge is 0.410 e. The first-order valence-corrected chi connectivity index (χ1v) is 18.2. The van der Waals surface area contributed by atoms with Crippen molar-refractivity contribution in [3.63, 3.8) is 0 Å². The van der Waals surface area contributed by atoms with Crippen LogP contribution in [0.3, 0.4) is 0 Å². The fourth-order valence-corrected chi connectivity index (χ4v) is 8.06. The van der Waals surface area contributed by atoms with Crippen LogP contribution in [-0.4, -0.2) is 68.3 Å². The normalized spacial score (nSPS) is 14.7. The van der Waals surface area contributed by atoms with E-state index in [1.807, 2.05) is 31.7 Å². The molecule has 0 saturated carbocycles. The molecule has 0 bridgehead atoms. The molecule has 2 aliphatic rings. The summed E-state index contributed by atoms with van der Waals surface area (Å²) in [6, 6.07) is 16.6. The summed E-state index contributed by atoms with van der Waals surface area (Å²) in [7, 11) is -2.53. The van der Waals surface area contributed by atoms with Crippen molar-refractivity contribution in [2.45, 2.75) is 44.2 Å². The maximum Gasteiger partial charge on any atom is 0.410 e. The molecule has 0 saturated heterocycles. The Hall–Kier alpha value is -5.15. The standard InChI is InChI=1S/C35H37N5O8S2/c1-35(2,3)48-34(41)37-16-13-25(14-17-37)29-21-26(40(42)43)7-11-30(29)38-18-19-47-32-22-28(10-12-31(32)38)50(44,45)39(33-36-15-20-49-33)23-24-5-8-27(46-4)9-6-24/h5-13,15,20-22H,14,16-19,23H2,1-4H3. The first-order chi connectivity index (χ1) is 23.8. The van der Waals surface area contributed by atoms with Crippen molar-refractivity contribution in [3.05, 3.63) is 99.6 Å². The second-order valence-corrected chi connectivity index (χ2v) is 15.4. The van der Waals surface area contributed by atoms with E-state index in [0.29, 0.717) is 59.6 Å². The number of benzene rings is 3. The number of aromatic nitrogens is 1. The predicted molar refractivity (Wildman–Crippen MR) is 191 cm³/mol. The summed E-state index contributed by atoms with van der Waals surface area (Å²) in [4.78, 5) is 32.0. The summed E-state index contributed by atoms with van der Waals surface area (Å²) in [6.07, 6.45) is 3.49. The van der Waals surface area contributed by atoms with Crippen molar-refractivity contribution in [3.8, 4) is 11.5 Å². The monoisotopic (exact) mass is 719 g/mol. The Morgan fingerprint density at radius 1 is 1.08 bits per heavy atom. The number of nitro groups is 1. The summed E-state index contributed by atoms with van der Waals surface area (Å²) in [5.41, 5.74) is 2.89. The number of thiazole rings is 1. The summed E-state index contributed by atoms with van der Waals surface area (Å²) in [5, 5.41) is 13.9. The molecule has 1 amide bonds. The van der Waals surface area contributed by atoms with Crippen LogP contribution in [0.2, 0.25) is 0 Å². The van der Waals surface area contributed by atoms with Gasteiger partial charge in [0, 0.05) is 54.1 Å². The zero-order chi connectivity index (χ0) is 35.6. The van der Waals surface area contributed by atoms with Crippen LogP contribution >= 0.6 is 11.3 Å². The highest BCUT2D eigenvalue weighted by Gasteiger charge is 2.32. The summed E-state index contributed by atoms with van der Waals surface area (Å²) in [5.74, 6) is 1.02.